The van der Waals surface area contributed by atoms with Gasteiger partial charge in [0.25, 0.3) is 0 Å². The molecular weight excluding hydrogens is 76.0 g/mol. The molecule has 0 unspecified atom stereocenters. The molecule has 0 aromatic rings. The van der Waals surface area contributed by atoms with E-state index in [2.05, 4.69) is 0 Å². The lowest BCUT2D eigenvalue weighted by atomic mass is 13.2. The molecule has 5 heteroatoms. The van der Waals surface area contributed by atoms with Crippen molar-refractivity contribution >= 4 is 0 Å². The van der Waals surface area contributed by atoms with E-state index in [1.165, 1.54) is 4.97 Å². The van der Waals surface area contributed by atoms with Crippen molar-refractivity contribution in [1.29, 1.82) is 0 Å². The molecule has 0 fully saturated rings. The Morgan fingerprint density at radius 3 is 1.60 bits per heavy atom. The van der Waals surface area contributed by atoms with Crippen LogP contribution >= 0.6 is 0 Å². The van der Waals surface area contributed by atoms with Gasteiger partial charge in [0.1, 0.15) is 4.97 Å². The smallest absolute Gasteiger partial charge is 0.151 e. The minimum absolute atomic E-state index is 1.25. The summed E-state index contributed by atoms with van der Waals surface area (Å²) in [6.07, 6.45) is 0. The van der Waals surface area contributed by atoms with Crippen LogP contribution in [0.4, 0.5) is 0 Å². The van der Waals surface area contributed by atoms with Crippen molar-refractivity contribution in [3.8, 4) is 0 Å². The summed E-state index contributed by atoms with van der Waals surface area (Å²) in [5, 5.41) is 12.0. The maximum absolute atomic E-state index is 8.11. The second kappa shape index (κ2) is 304. The summed E-state index contributed by atoms with van der Waals surface area (Å²) in [5.41, 5.74) is 6.64. The Morgan fingerprint density at radius 2 is 1.60 bits per heavy atom. The zero-order valence-corrected chi connectivity index (χ0v) is 2.20. The van der Waals surface area contributed by atoms with Crippen LogP contribution in [0.5, 0.6) is 0 Å². The summed E-state index contributed by atoms with van der Waals surface area (Å²) in [6.45, 7) is 0. The Morgan fingerprint density at radius 1 is 1.60 bits per heavy atom. The number of nitroso groups, excluding NO2 is 1. The lowest BCUT2D eigenvalue weighted by molar-refractivity contribution is -0.176. The van der Waals surface area contributed by atoms with Crippen LogP contribution in [0.2, 0.25) is 0 Å². The molecule has 0 saturated carbocycles. The zero-order chi connectivity index (χ0) is 4.71. The molecule has 0 saturated heterocycles. The lowest BCUT2D eigenvalue weighted by Gasteiger charge is -1.25. The van der Waals surface area contributed by atoms with Crippen molar-refractivity contribution in [1.82, 2.24) is 4.97 Å². The molecule has 30 valence electrons. The monoisotopic (exact) mass is 78.0 g/mol. The SMILES string of the molecule is OO.[N-]=[N+]=O. The van der Waals surface area contributed by atoms with Gasteiger partial charge in [-0.2, -0.15) is 0 Å². The standard InChI is InChI=1S/N2O.H2O2/c1-2-3;1-2/h;1-2H. The average molecular weight is 78.0 g/mol. The van der Waals surface area contributed by atoms with Gasteiger partial charge < -0.3 is 0 Å². The summed E-state index contributed by atoms with van der Waals surface area (Å²) in [7, 11) is 0. The van der Waals surface area contributed by atoms with Crippen LogP contribution in [0.3, 0.4) is 0 Å². The van der Waals surface area contributed by atoms with Crippen LogP contribution in [0.25, 0.3) is 5.53 Å². The number of hydrogen-bond acceptors (Lipinski definition) is 3. The van der Waals surface area contributed by atoms with Gasteiger partial charge in [0, 0.05) is 0 Å². The second-order valence-electron chi connectivity index (χ2n) is 0.0816. The Labute approximate surface area is 27.3 Å². The molecule has 0 spiro atoms. The molecule has 0 radical (unpaired) electrons. The summed E-state index contributed by atoms with van der Waals surface area (Å²) in [5.74, 6) is 0. The van der Waals surface area contributed by atoms with Gasteiger partial charge in [-0.3, -0.25) is 16.0 Å². The molecule has 0 atom stereocenters. The van der Waals surface area contributed by atoms with Crippen molar-refractivity contribution in [3.05, 3.63) is 10.4 Å². The number of rotatable bonds is 0. The molecule has 5 heavy (non-hydrogen) atoms. The van der Waals surface area contributed by atoms with Crippen molar-refractivity contribution < 1.29 is 10.5 Å². The van der Waals surface area contributed by atoms with Gasteiger partial charge >= 0.3 is 0 Å². The predicted molar refractivity (Wildman–Crippen MR) is 14.1 cm³/mol. The highest BCUT2D eigenvalue weighted by Crippen LogP contribution is 0.905. The first-order valence-electron chi connectivity index (χ1n) is 0.583. The highest BCUT2D eigenvalue weighted by atomic mass is 17.0. The van der Waals surface area contributed by atoms with Crippen molar-refractivity contribution in [2.75, 3.05) is 0 Å². The fraction of sp³-hybridized carbons (Fsp3) is 0. The summed E-state index contributed by atoms with van der Waals surface area (Å²) in [4.78, 5) is 9.36. The van der Waals surface area contributed by atoms with Gasteiger partial charge in [-0.15, -0.1) is 0 Å². The Kier molecular flexibility index (Phi) is 539. The van der Waals surface area contributed by atoms with E-state index < -0.39 is 0 Å². The van der Waals surface area contributed by atoms with E-state index in [1.54, 1.807) is 0 Å². The molecule has 0 aromatic heterocycles. The first kappa shape index (κ1) is 8.87. The third-order valence-corrected chi connectivity index (χ3v) is 0. The number of nitrogens with zero attached hydrogens (tertiary/aromatic N) is 2. The van der Waals surface area contributed by atoms with Crippen LogP contribution in [0.1, 0.15) is 0 Å². The van der Waals surface area contributed by atoms with Gasteiger partial charge in [0.2, 0.25) is 0 Å². The fourth-order valence-electron chi connectivity index (χ4n) is 0. The Balaban J connectivity index is 0. The van der Waals surface area contributed by atoms with E-state index in [-0.39, 0.29) is 0 Å². The van der Waals surface area contributed by atoms with Crippen LogP contribution in [-0.2, 0) is 0 Å². The Bertz CT molecular complexity index is 25.9. The van der Waals surface area contributed by atoms with E-state index in [1.807, 2.05) is 0 Å². The normalized spacial score (nSPS) is 2.80. The second-order valence-corrected chi connectivity index (χ2v) is 0.0816. The zero-order valence-electron chi connectivity index (χ0n) is 2.20. The topological polar surface area (TPSA) is 93.9 Å². The van der Waals surface area contributed by atoms with Crippen LogP contribution in [-0.4, -0.2) is 10.5 Å². The summed E-state index contributed by atoms with van der Waals surface area (Å²) < 4.78 is 0. The first-order valence-corrected chi connectivity index (χ1v) is 0.583. The van der Waals surface area contributed by atoms with E-state index in [9.17, 15) is 0 Å². The van der Waals surface area contributed by atoms with Crippen molar-refractivity contribution in [2.24, 2.45) is 0 Å². The first-order chi connectivity index (χ1) is 2.41. The summed E-state index contributed by atoms with van der Waals surface area (Å²) >= 11 is 0. The quantitative estimate of drug-likeness (QED) is 0.183. The number of hydrogen-bond donors (Lipinski definition) is 2. The molecule has 0 aliphatic heterocycles. The molecule has 0 rings (SSSR count). The molecule has 0 aromatic carbocycles. The van der Waals surface area contributed by atoms with E-state index >= 15 is 0 Å². The third kappa shape index (κ3) is 8.24. The highest BCUT2D eigenvalue weighted by molar-refractivity contribution is 3.92. The molecule has 0 aliphatic rings. The van der Waals surface area contributed by atoms with E-state index in [0.29, 0.717) is 0 Å². The van der Waals surface area contributed by atoms with Crippen LogP contribution < -0.4 is 4.97 Å². The molecule has 0 heterocycles. The maximum Gasteiger partial charge on any atom is 0.151 e. The van der Waals surface area contributed by atoms with Gasteiger partial charge in [0.05, 0.1) is 0 Å². The Hall–Kier alpha value is -0.770. The van der Waals surface area contributed by atoms with Crippen LogP contribution in [0, 0.1) is 4.91 Å². The minimum Gasteiger partial charge on any atom is -0.294 e. The largest absolute Gasteiger partial charge is 0.294 e. The fourth-order valence-corrected chi connectivity index (χ4v) is 0. The highest BCUT2D eigenvalue weighted by Gasteiger charge is 1.06. The molecule has 0 bridgehead atoms. The van der Waals surface area contributed by atoms with E-state index in [4.69, 9.17) is 21.0 Å². The molecule has 5 nitrogen and oxygen atoms in total. The molecular formula is H2N2O3. The van der Waals surface area contributed by atoms with Crippen molar-refractivity contribution in [2.45, 2.75) is 0 Å². The molecule has 0 amide bonds. The maximum atomic E-state index is 8.11. The van der Waals surface area contributed by atoms with Crippen molar-refractivity contribution in [3.63, 3.8) is 0 Å². The molecule has 0 aliphatic carbocycles. The molecule has 2 N–H and O–H groups in total. The van der Waals surface area contributed by atoms with Crippen LogP contribution in [0.15, 0.2) is 0 Å². The van der Waals surface area contributed by atoms with Gasteiger partial charge in [-0.25, -0.2) is 0 Å². The van der Waals surface area contributed by atoms with Gasteiger partial charge in [0.15, 0.2) is 4.91 Å². The summed E-state index contributed by atoms with van der Waals surface area (Å²) in [6, 6.07) is 0. The van der Waals surface area contributed by atoms with Gasteiger partial charge in [-0.1, -0.05) is 0 Å². The average Bonchev–Trinajstić information content (AvgIpc) is 1.46. The van der Waals surface area contributed by atoms with Gasteiger partial charge in [-0.05, 0) is 0 Å². The lowest BCUT2D eigenvalue weighted by Crippen LogP contribution is -1.29. The minimum atomic E-state index is 1.25. The predicted octanol–water partition coefficient (Wildman–Crippen LogP) is -0.141. The van der Waals surface area contributed by atoms with E-state index in [0.717, 1.165) is 0 Å². The third-order valence-electron chi connectivity index (χ3n) is 0.